The molecule has 0 spiro atoms. The molecule has 14 heteroatoms. The van der Waals surface area contributed by atoms with Gasteiger partial charge in [-0.05, 0) is 74.7 Å². The van der Waals surface area contributed by atoms with Gasteiger partial charge in [-0.15, -0.1) is 0 Å². The summed E-state index contributed by atoms with van der Waals surface area (Å²) in [7, 11) is 1.35. The van der Waals surface area contributed by atoms with E-state index in [1.807, 2.05) is 12.1 Å². The SMILES string of the molecule is CN(C(=O)O)c1cc(OCCc2ccc(NC(=O)OC(C)(C)C)cc2)ccc1NC(=O)COc1ccc(CC2SC(=O)NC2=O)cc1. The summed E-state index contributed by atoms with van der Waals surface area (Å²) in [6, 6.07) is 18.8. The Morgan fingerprint density at radius 2 is 1.57 bits per heavy atom. The first-order valence-corrected chi connectivity index (χ1v) is 15.5. The second kappa shape index (κ2) is 15.4. The molecule has 5 amide bonds. The predicted octanol–water partition coefficient (Wildman–Crippen LogP) is 5.68. The monoisotopic (exact) mass is 664 g/mol. The van der Waals surface area contributed by atoms with E-state index < -0.39 is 28.9 Å². The maximum atomic E-state index is 12.7. The molecule has 0 saturated carbocycles. The fourth-order valence-electron chi connectivity index (χ4n) is 4.35. The van der Waals surface area contributed by atoms with Crippen LogP contribution in [-0.4, -0.2) is 65.5 Å². The molecule has 13 nitrogen and oxygen atoms in total. The first kappa shape index (κ1) is 34.6. The molecule has 0 aliphatic carbocycles. The number of nitrogens with zero attached hydrogens (tertiary/aromatic N) is 1. The predicted molar refractivity (Wildman–Crippen MR) is 178 cm³/mol. The van der Waals surface area contributed by atoms with Crippen LogP contribution in [0.1, 0.15) is 31.9 Å². The van der Waals surface area contributed by atoms with E-state index in [9.17, 15) is 29.1 Å². The van der Waals surface area contributed by atoms with E-state index in [-0.39, 0.29) is 35.7 Å². The molecule has 1 aliphatic rings. The van der Waals surface area contributed by atoms with E-state index in [2.05, 4.69) is 16.0 Å². The van der Waals surface area contributed by atoms with E-state index in [1.165, 1.54) is 13.1 Å². The van der Waals surface area contributed by atoms with Crippen LogP contribution in [-0.2, 0) is 27.2 Å². The number of carboxylic acid groups (broad SMARTS) is 1. The fraction of sp³-hybridized carbons (Fsp3) is 0.303. The van der Waals surface area contributed by atoms with E-state index >= 15 is 0 Å². The van der Waals surface area contributed by atoms with Crippen molar-refractivity contribution in [3.05, 3.63) is 77.9 Å². The highest BCUT2D eigenvalue weighted by molar-refractivity contribution is 8.15. The third kappa shape index (κ3) is 10.7. The van der Waals surface area contributed by atoms with Crippen LogP contribution in [0.4, 0.5) is 31.4 Å². The quantitative estimate of drug-likeness (QED) is 0.189. The van der Waals surface area contributed by atoms with Crippen LogP contribution in [0.25, 0.3) is 0 Å². The largest absolute Gasteiger partial charge is 0.493 e. The first-order valence-electron chi connectivity index (χ1n) is 14.6. The number of amides is 5. The zero-order valence-electron chi connectivity index (χ0n) is 26.3. The second-order valence-electron chi connectivity index (χ2n) is 11.5. The summed E-state index contributed by atoms with van der Waals surface area (Å²) in [4.78, 5) is 60.6. The number of anilines is 3. The molecule has 248 valence electrons. The van der Waals surface area contributed by atoms with Gasteiger partial charge >= 0.3 is 12.2 Å². The number of ether oxygens (including phenoxy) is 3. The molecular formula is C33H36N4O9S. The number of carbonyl (C=O) groups is 5. The summed E-state index contributed by atoms with van der Waals surface area (Å²) in [5.74, 6) is 0.0000321. The van der Waals surface area contributed by atoms with E-state index in [1.54, 1.807) is 69.3 Å². The van der Waals surface area contributed by atoms with Gasteiger partial charge in [0.15, 0.2) is 6.61 Å². The Morgan fingerprint density at radius 1 is 0.915 bits per heavy atom. The zero-order chi connectivity index (χ0) is 34.1. The molecule has 0 aromatic heterocycles. The van der Waals surface area contributed by atoms with Crippen molar-refractivity contribution in [3.8, 4) is 11.5 Å². The number of imide groups is 1. The molecule has 3 aromatic rings. The molecule has 1 fully saturated rings. The molecule has 47 heavy (non-hydrogen) atoms. The van der Waals surface area contributed by atoms with Crippen molar-refractivity contribution in [3.63, 3.8) is 0 Å². The van der Waals surface area contributed by atoms with Gasteiger partial charge < -0.3 is 24.6 Å². The Kier molecular flexibility index (Phi) is 11.3. The molecule has 4 rings (SSSR count). The lowest BCUT2D eigenvalue weighted by atomic mass is 10.1. The van der Waals surface area contributed by atoms with Crippen molar-refractivity contribution in [1.82, 2.24) is 5.32 Å². The molecule has 4 N–H and O–H groups in total. The van der Waals surface area contributed by atoms with E-state index in [0.29, 0.717) is 30.0 Å². The summed E-state index contributed by atoms with van der Waals surface area (Å²) in [6.45, 7) is 5.31. The lowest BCUT2D eigenvalue weighted by Gasteiger charge is -2.20. The van der Waals surface area contributed by atoms with E-state index in [0.717, 1.165) is 27.8 Å². The highest BCUT2D eigenvalue weighted by atomic mass is 32.2. The molecular weight excluding hydrogens is 628 g/mol. The molecule has 0 bridgehead atoms. The number of nitrogens with one attached hydrogen (secondary N) is 3. The highest BCUT2D eigenvalue weighted by Crippen LogP contribution is 2.30. The minimum Gasteiger partial charge on any atom is -0.493 e. The van der Waals surface area contributed by atoms with Gasteiger partial charge in [-0.25, -0.2) is 9.59 Å². The molecule has 1 atom stereocenters. The molecule has 3 aromatic carbocycles. The molecule has 1 unspecified atom stereocenters. The van der Waals surface area contributed by atoms with E-state index in [4.69, 9.17) is 14.2 Å². The van der Waals surface area contributed by atoms with Gasteiger partial charge in [0.25, 0.3) is 11.1 Å². The Hall–Kier alpha value is -5.24. The Balaban J connectivity index is 1.29. The number of hydrogen-bond donors (Lipinski definition) is 4. The summed E-state index contributed by atoms with van der Waals surface area (Å²) in [5.41, 5.74) is 2.24. The highest BCUT2D eigenvalue weighted by Gasteiger charge is 2.31. The fourth-order valence-corrected chi connectivity index (χ4v) is 5.21. The second-order valence-corrected chi connectivity index (χ2v) is 12.7. The Labute approximate surface area is 275 Å². The van der Waals surface area contributed by atoms with Gasteiger partial charge in [-0.2, -0.15) is 0 Å². The molecule has 0 radical (unpaired) electrons. The van der Waals surface area contributed by atoms with Gasteiger partial charge in [-0.1, -0.05) is 36.0 Å². The van der Waals surface area contributed by atoms with Gasteiger partial charge in [0.1, 0.15) is 17.1 Å². The van der Waals surface area contributed by atoms with Gasteiger partial charge in [0.2, 0.25) is 5.91 Å². The average molecular weight is 665 g/mol. The van der Waals surface area contributed by atoms with Crippen LogP contribution in [0.3, 0.4) is 0 Å². The topological polar surface area (TPSA) is 173 Å². The van der Waals surface area contributed by atoms with Gasteiger partial charge in [0, 0.05) is 25.2 Å². The maximum Gasteiger partial charge on any atom is 0.412 e. The third-order valence-corrected chi connectivity index (χ3v) is 7.61. The van der Waals surface area contributed by atoms with Crippen molar-refractivity contribution in [1.29, 1.82) is 0 Å². The Morgan fingerprint density at radius 3 is 2.19 bits per heavy atom. The summed E-state index contributed by atoms with van der Waals surface area (Å²) in [5, 5.41) is 16.4. The standard InChI is InChI=1S/C33H36N4O9S/c1-33(2,3)46-30(40)34-22-9-5-20(6-10-22)15-16-44-24-13-14-25(26(18-24)37(4)32(42)43)35-28(38)19-45-23-11-7-21(8-12-23)17-27-29(39)36-31(41)47-27/h5-14,18,27H,15-17,19H2,1-4H3,(H,34,40)(H,35,38)(H,42,43)(H,36,39,41). The summed E-state index contributed by atoms with van der Waals surface area (Å²) < 4.78 is 16.7. The zero-order valence-corrected chi connectivity index (χ0v) is 27.1. The average Bonchev–Trinajstić information content (AvgIpc) is 3.32. The Bertz CT molecular complexity index is 1620. The van der Waals surface area contributed by atoms with Crippen molar-refractivity contribution < 1.29 is 43.3 Å². The number of hydrogen-bond acceptors (Lipinski definition) is 9. The van der Waals surface area contributed by atoms with Gasteiger partial charge in [0.05, 0.1) is 23.2 Å². The van der Waals surface area contributed by atoms with Crippen LogP contribution in [0.15, 0.2) is 66.7 Å². The first-order chi connectivity index (χ1) is 22.3. The van der Waals surface area contributed by atoms with Crippen LogP contribution in [0.5, 0.6) is 11.5 Å². The van der Waals surface area contributed by atoms with Crippen molar-refractivity contribution in [2.24, 2.45) is 0 Å². The third-order valence-electron chi connectivity index (χ3n) is 6.63. The van der Waals surface area contributed by atoms with Crippen LogP contribution < -0.4 is 30.3 Å². The lowest BCUT2D eigenvalue weighted by Crippen LogP contribution is -2.27. The van der Waals surface area contributed by atoms with Gasteiger partial charge in [-0.3, -0.25) is 29.9 Å². The molecule has 1 aliphatic heterocycles. The minimum atomic E-state index is -1.23. The molecule has 1 heterocycles. The van der Waals surface area contributed by atoms with Crippen molar-refractivity contribution >= 4 is 58.1 Å². The number of carbonyl (C=O) groups excluding carboxylic acids is 4. The maximum absolute atomic E-state index is 12.7. The number of benzene rings is 3. The van der Waals surface area contributed by atoms with Crippen LogP contribution >= 0.6 is 11.8 Å². The number of thioether (sulfide) groups is 1. The smallest absolute Gasteiger partial charge is 0.412 e. The summed E-state index contributed by atoms with van der Waals surface area (Å²) >= 11 is 0.953. The van der Waals surface area contributed by atoms with Crippen molar-refractivity contribution in [2.75, 3.05) is 35.8 Å². The van der Waals surface area contributed by atoms with Crippen molar-refractivity contribution in [2.45, 2.75) is 44.5 Å². The molecule has 1 saturated heterocycles. The number of rotatable bonds is 12. The normalized spacial score (nSPS) is 14.2. The van der Waals surface area contributed by atoms with Crippen LogP contribution in [0.2, 0.25) is 0 Å². The minimum absolute atomic E-state index is 0.206. The lowest BCUT2D eigenvalue weighted by molar-refractivity contribution is -0.119. The van der Waals surface area contributed by atoms with Crippen LogP contribution in [0, 0.1) is 0 Å². The summed E-state index contributed by atoms with van der Waals surface area (Å²) in [6.07, 6.45) is -0.846.